The van der Waals surface area contributed by atoms with E-state index in [-0.39, 0.29) is 18.6 Å². The van der Waals surface area contributed by atoms with E-state index in [0.29, 0.717) is 12.8 Å². The van der Waals surface area contributed by atoms with Crippen molar-refractivity contribution < 1.29 is 19.1 Å². The summed E-state index contributed by atoms with van der Waals surface area (Å²) in [5.74, 6) is -1.16. The van der Waals surface area contributed by atoms with Crippen molar-refractivity contribution in [2.45, 2.75) is 24.9 Å². The zero-order valence-corrected chi connectivity index (χ0v) is 14.2. The summed E-state index contributed by atoms with van der Waals surface area (Å²) in [4.78, 5) is 35.4. The minimum atomic E-state index is -0.658. The second-order valence-electron chi connectivity index (χ2n) is 6.09. The molecule has 1 atom stereocenters. The molecule has 0 unspecified atom stereocenters. The third-order valence-corrected chi connectivity index (χ3v) is 4.20. The molecule has 1 saturated heterocycles. The molecule has 2 N–H and O–H groups in total. The maximum Gasteiger partial charge on any atom is 0.329 e. The van der Waals surface area contributed by atoms with E-state index < -0.39 is 17.9 Å². The second kappa shape index (κ2) is 8.29. The van der Waals surface area contributed by atoms with Crippen molar-refractivity contribution in [1.82, 2.24) is 10.6 Å². The van der Waals surface area contributed by atoms with Crippen LogP contribution in [0.2, 0.25) is 0 Å². The lowest BCUT2D eigenvalue weighted by Crippen LogP contribution is -2.38. The summed E-state index contributed by atoms with van der Waals surface area (Å²) >= 11 is 0. The number of rotatable bonds is 6. The van der Waals surface area contributed by atoms with E-state index in [0.717, 1.165) is 11.1 Å². The lowest BCUT2D eigenvalue weighted by Gasteiger charge is -2.20. The average Bonchev–Trinajstić information content (AvgIpc) is 3.12. The van der Waals surface area contributed by atoms with Crippen LogP contribution in [0.25, 0.3) is 0 Å². The first kappa shape index (κ1) is 17.7. The first-order valence-electron chi connectivity index (χ1n) is 8.49. The summed E-state index contributed by atoms with van der Waals surface area (Å²) in [6, 6.07) is 18.1. The molecule has 26 heavy (non-hydrogen) atoms. The van der Waals surface area contributed by atoms with Crippen LogP contribution in [0.3, 0.4) is 0 Å². The van der Waals surface area contributed by atoms with E-state index in [4.69, 9.17) is 4.74 Å². The molecule has 1 fully saturated rings. The number of ether oxygens (including phenoxy) is 1. The highest BCUT2D eigenvalue weighted by atomic mass is 16.5. The number of hydrogen-bond donors (Lipinski definition) is 2. The molecule has 0 aromatic heterocycles. The summed E-state index contributed by atoms with van der Waals surface area (Å²) in [7, 11) is 0. The minimum Gasteiger partial charge on any atom is -0.454 e. The van der Waals surface area contributed by atoms with Gasteiger partial charge in [0, 0.05) is 6.42 Å². The summed E-state index contributed by atoms with van der Waals surface area (Å²) in [6.45, 7) is -0.388. The minimum absolute atomic E-state index is 0.176. The van der Waals surface area contributed by atoms with E-state index in [1.165, 1.54) is 0 Å². The zero-order chi connectivity index (χ0) is 18.4. The highest BCUT2D eigenvalue weighted by molar-refractivity contribution is 5.89. The van der Waals surface area contributed by atoms with Gasteiger partial charge in [0.25, 0.3) is 5.91 Å². The molecule has 6 heteroatoms. The van der Waals surface area contributed by atoms with Crippen molar-refractivity contribution in [2.24, 2.45) is 0 Å². The van der Waals surface area contributed by atoms with Gasteiger partial charge in [0.15, 0.2) is 6.61 Å². The van der Waals surface area contributed by atoms with E-state index in [9.17, 15) is 14.4 Å². The Labute approximate surface area is 151 Å². The van der Waals surface area contributed by atoms with Gasteiger partial charge in [0.2, 0.25) is 5.91 Å². The number of amides is 2. The van der Waals surface area contributed by atoms with E-state index in [1.54, 1.807) is 0 Å². The topological polar surface area (TPSA) is 84.5 Å². The lowest BCUT2D eigenvalue weighted by atomic mass is 9.99. The Bertz CT molecular complexity index is 737. The SMILES string of the molecule is O=C(COC(=O)[C@H]1CCC(=O)N1)NC(c1ccccc1)c1ccccc1. The van der Waals surface area contributed by atoms with Gasteiger partial charge >= 0.3 is 5.97 Å². The molecule has 6 nitrogen and oxygen atoms in total. The van der Waals surface area contributed by atoms with Crippen LogP contribution < -0.4 is 10.6 Å². The van der Waals surface area contributed by atoms with Crippen molar-refractivity contribution in [1.29, 1.82) is 0 Å². The molecule has 2 amide bonds. The van der Waals surface area contributed by atoms with Gasteiger partial charge in [-0.25, -0.2) is 4.79 Å². The van der Waals surface area contributed by atoms with Crippen LogP contribution in [-0.2, 0) is 19.1 Å². The average molecular weight is 352 g/mol. The van der Waals surface area contributed by atoms with Crippen LogP contribution >= 0.6 is 0 Å². The number of esters is 1. The molecular weight excluding hydrogens is 332 g/mol. The van der Waals surface area contributed by atoms with Gasteiger partial charge in [0.05, 0.1) is 6.04 Å². The van der Waals surface area contributed by atoms with Crippen molar-refractivity contribution in [3.05, 3.63) is 71.8 Å². The molecule has 1 aliphatic rings. The molecule has 0 aliphatic carbocycles. The Kier molecular flexibility index (Phi) is 5.63. The van der Waals surface area contributed by atoms with Crippen LogP contribution in [0.4, 0.5) is 0 Å². The molecule has 0 radical (unpaired) electrons. The van der Waals surface area contributed by atoms with Gasteiger partial charge in [-0.15, -0.1) is 0 Å². The second-order valence-corrected chi connectivity index (χ2v) is 6.09. The number of carbonyl (C=O) groups is 3. The van der Waals surface area contributed by atoms with Crippen LogP contribution in [0, 0.1) is 0 Å². The van der Waals surface area contributed by atoms with Gasteiger partial charge in [-0.05, 0) is 17.5 Å². The van der Waals surface area contributed by atoms with Gasteiger partial charge in [-0.2, -0.15) is 0 Å². The monoisotopic (exact) mass is 352 g/mol. The fourth-order valence-corrected chi connectivity index (χ4v) is 2.88. The summed E-state index contributed by atoms with van der Waals surface area (Å²) in [5.41, 5.74) is 1.86. The summed E-state index contributed by atoms with van der Waals surface area (Å²) in [5, 5.41) is 5.43. The maximum atomic E-state index is 12.3. The molecule has 2 aromatic carbocycles. The zero-order valence-electron chi connectivity index (χ0n) is 14.2. The summed E-state index contributed by atoms with van der Waals surface area (Å²) < 4.78 is 5.04. The highest BCUT2D eigenvalue weighted by Crippen LogP contribution is 2.21. The largest absolute Gasteiger partial charge is 0.454 e. The number of hydrogen-bond acceptors (Lipinski definition) is 4. The standard InChI is InChI=1S/C20H20N2O4/c23-17-12-11-16(21-17)20(25)26-13-18(24)22-19(14-7-3-1-4-8-14)15-9-5-2-6-10-15/h1-10,16,19H,11-13H2,(H,21,23)(H,22,24)/t16-/m1/s1. The highest BCUT2D eigenvalue weighted by Gasteiger charge is 2.29. The predicted octanol–water partition coefficient (Wildman–Crippen LogP) is 1.71. The smallest absolute Gasteiger partial charge is 0.329 e. The Hall–Kier alpha value is -3.15. The van der Waals surface area contributed by atoms with Gasteiger partial charge in [-0.3, -0.25) is 9.59 Å². The van der Waals surface area contributed by atoms with E-state index in [2.05, 4.69) is 10.6 Å². The number of carbonyl (C=O) groups excluding carboxylic acids is 3. The quantitative estimate of drug-likeness (QED) is 0.775. The maximum absolute atomic E-state index is 12.3. The van der Waals surface area contributed by atoms with E-state index in [1.807, 2.05) is 60.7 Å². The van der Waals surface area contributed by atoms with Gasteiger partial charge < -0.3 is 15.4 Å². The number of nitrogens with one attached hydrogen (secondary N) is 2. The molecule has 1 heterocycles. The molecule has 0 spiro atoms. The Morgan fingerprint density at radius 3 is 2.12 bits per heavy atom. The van der Waals surface area contributed by atoms with Crippen LogP contribution in [0.5, 0.6) is 0 Å². The Morgan fingerprint density at radius 2 is 1.62 bits per heavy atom. The molecule has 0 saturated carbocycles. The number of benzene rings is 2. The first-order chi connectivity index (χ1) is 12.6. The molecule has 134 valence electrons. The van der Waals surface area contributed by atoms with Gasteiger partial charge in [-0.1, -0.05) is 60.7 Å². The van der Waals surface area contributed by atoms with Crippen LogP contribution in [-0.4, -0.2) is 30.4 Å². The third kappa shape index (κ3) is 4.47. The molecule has 3 rings (SSSR count). The normalized spacial score (nSPS) is 16.2. The van der Waals surface area contributed by atoms with Crippen LogP contribution in [0.15, 0.2) is 60.7 Å². The van der Waals surface area contributed by atoms with Crippen LogP contribution in [0.1, 0.15) is 30.0 Å². The summed E-state index contributed by atoms with van der Waals surface area (Å²) in [6.07, 6.45) is 0.700. The van der Waals surface area contributed by atoms with Crippen molar-refractivity contribution in [3.63, 3.8) is 0 Å². The fraction of sp³-hybridized carbons (Fsp3) is 0.250. The van der Waals surface area contributed by atoms with Crippen molar-refractivity contribution >= 4 is 17.8 Å². The first-order valence-corrected chi connectivity index (χ1v) is 8.49. The molecule has 0 bridgehead atoms. The lowest BCUT2D eigenvalue weighted by molar-refractivity contribution is -0.150. The van der Waals surface area contributed by atoms with Crippen molar-refractivity contribution in [2.75, 3.05) is 6.61 Å². The Morgan fingerprint density at radius 1 is 1.04 bits per heavy atom. The fourth-order valence-electron chi connectivity index (χ4n) is 2.88. The Balaban J connectivity index is 1.62. The molecule has 2 aromatic rings. The molecular formula is C20H20N2O4. The predicted molar refractivity (Wildman–Crippen MR) is 95.0 cm³/mol. The van der Waals surface area contributed by atoms with Crippen molar-refractivity contribution in [3.8, 4) is 0 Å². The van der Waals surface area contributed by atoms with Gasteiger partial charge in [0.1, 0.15) is 6.04 Å². The van der Waals surface area contributed by atoms with E-state index >= 15 is 0 Å². The third-order valence-electron chi connectivity index (χ3n) is 4.20. The molecule has 1 aliphatic heterocycles.